The van der Waals surface area contributed by atoms with Gasteiger partial charge in [0.15, 0.2) is 0 Å². The standard InChI is InChI=1S/C22H16N8O2/c23-21(30-10-4-9-25-30)28-19(31)15-7-3-8-16-18(15)27-22(26-16)29-20(32)17-11-13-5-1-2-6-14(13)12-24-17/h1-12H,(H2,23,28,31)(H2,26,27,29,32). The Balaban J connectivity index is 1.43. The molecule has 0 saturated carbocycles. The van der Waals surface area contributed by atoms with Crippen LogP contribution in [0.25, 0.3) is 21.8 Å². The molecule has 3 aromatic heterocycles. The lowest BCUT2D eigenvalue weighted by Crippen LogP contribution is -2.24. The van der Waals surface area contributed by atoms with E-state index in [0.29, 0.717) is 11.0 Å². The molecule has 0 aliphatic rings. The van der Waals surface area contributed by atoms with Gasteiger partial charge >= 0.3 is 0 Å². The number of benzene rings is 2. The predicted molar refractivity (Wildman–Crippen MR) is 119 cm³/mol. The fourth-order valence-electron chi connectivity index (χ4n) is 3.26. The second kappa shape index (κ2) is 7.76. The number of anilines is 1. The van der Waals surface area contributed by atoms with Crippen molar-refractivity contribution >= 4 is 45.5 Å². The van der Waals surface area contributed by atoms with Gasteiger partial charge in [-0.1, -0.05) is 30.3 Å². The Bertz CT molecular complexity index is 1500. The van der Waals surface area contributed by atoms with Gasteiger partial charge in [0.25, 0.3) is 11.8 Å². The van der Waals surface area contributed by atoms with Crippen molar-refractivity contribution in [2.75, 3.05) is 5.32 Å². The predicted octanol–water partition coefficient (Wildman–Crippen LogP) is 2.56. The minimum atomic E-state index is -0.579. The molecular weight excluding hydrogens is 408 g/mol. The molecule has 0 unspecified atom stereocenters. The van der Waals surface area contributed by atoms with E-state index in [4.69, 9.17) is 5.73 Å². The second-order valence-electron chi connectivity index (χ2n) is 6.88. The molecule has 156 valence electrons. The molecule has 32 heavy (non-hydrogen) atoms. The highest BCUT2D eigenvalue weighted by Crippen LogP contribution is 2.20. The number of aromatic amines is 1. The summed E-state index contributed by atoms with van der Waals surface area (Å²) in [5, 5.41) is 8.47. The van der Waals surface area contributed by atoms with Crippen LogP contribution in [-0.2, 0) is 0 Å². The first kappa shape index (κ1) is 19.1. The lowest BCUT2D eigenvalue weighted by Gasteiger charge is -2.03. The van der Waals surface area contributed by atoms with Crippen molar-refractivity contribution in [3.05, 3.63) is 84.4 Å². The second-order valence-corrected chi connectivity index (χ2v) is 6.88. The van der Waals surface area contributed by atoms with Gasteiger partial charge in [-0.05, 0) is 29.7 Å². The van der Waals surface area contributed by atoms with Crippen LogP contribution in [0.3, 0.4) is 0 Å². The van der Waals surface area contributed by atoms with Crippen LogP contribution in [-0.4, -0.2) is 42.5 Å². The fraction of sp³-hybridized carbons (Fsp3) is 0. The summed E-state index contributed by atoms with van der Waals surface area (Å²) < 4.78 is 1.28. The monoisotopic (exact) mass is 424 g/mol. The van der Waals surface area contributed by atoms with Crippen molar-refractivity contribution in [2.45, 2.75) is 0 Å². The van der Waals surface area contributed by atoms with Crippen molar-refractivity contribution < 1.29 is 9.59 Å². The average molecular weight is 424 g/mol. The lowest BCUT2D eigenvalue weighted by atomic mass is 10.1. The maximum Gasteiger partial charge on any atom is 0.282 e. The zero-order valence-corrected chi connectivity index (χ0v) is 16.6. The van der Waals surface area contributed by atoms with E-state index < -0.39 is 11.8 Å². The summed E-state index contributed by atoms with van der Waals surface area (Å²) in [4.78, 5) is 40.8. The number of nitrogens with zero attached hydrogens (tertiary/aromatic N) is 5. The number of imidazole rings is 1. The number of hydrogen-bond donors (Lipinski definition) is 3. The first-order valence-corrected chi connectivity index (χ1v) is 9.62. The number of carbonyl (C=O) groups excluding carboxylic acids is 2. The topological polar surface area (TPSA) is 144 Å². The van der Waals surface area contributed by atoms with Crippen molar-refractivity contribution in [1.82, 2.24) is 24.7 Å². The summed E-state index contributed by atoms with van der Waals surface area (Å²) in [6.07, 6.45) is 4.75. The number of pyridine rings is 1. The Morgan fingerprint density at radius 2 is 1.91 bits per heavy atom. The summed E-state index contributed by atoms with van der Waals surface area (Å²) in [6, 6.07) is 16.0. The molecule has 0 bridgehead atoms. The van der Waals surface area contributed by atoms with Crippen LogP contribution in [0, 0.1) is 0 Å². The van der Waals surface area contributed by atoms with Crippen LogP contribution in [0.1, 0.15) is 20.8 Å². The number of amides is 2. The van der Waals surface area contributed by atoms with Gasteiger partial charge in [0.05, 0.1) is 11.1 Å². The van der Waals surface area contributed by atoms with Crippen LogP contribution in [0.4, 0.5) is 5.95 Å². The van der Waals surface area contributed by atoms with Crippen molar-refractivity contribution in [1.29, 1.82) is 0 Å². The Hall–Kier alpha value is -4.86. The van der Waals surface area contributed by atoms with Gasteiger partial charge in [-0.3, -0.25) is 19.9 Å². The highest BCUT2D eigenvalue weighted by molar-refractivity contribution is 6.10. The van der Waals surface area contributed by atoms with Gasteiger partial charge in [-0.15, -0.1) is 0 Å². The largest absolute Gasteiger partial charge is 0.368 e. The number of nitrogens with two attached hydrogens (primary N) is 1. The maximum atomic E-state index is 12.7. The van der Waals surface area contributed by atoms with E-state index in [2.05, 4.69) is 30.4 Å². The van der Waals surface area contributed by atoms with Crippen molar-refractivity contribution in [2.24, 2.45) is 10.7 Å². The molecule has 10 heteroatoms. The molecule has 5 rings (SSSR count). The third-order valence-corrected chi connectivity index (χ3v) is 4.79. The molecule has 2 amide bonds. The maximum absolute atomic E-state index is 12.7. The third-order valence-electron chi connectivity index (χ3n) is 4.79. The number of nitrogens with one attached hydrogen (secondary N) is 2. The molecule has 0 saturated heterocycles. The number of para-hydroxylation sites is 1. The molecule has 0 radical (unpaired) electrons. The number of aromatic nitrogens is 5. The van der Waals surface area contributed by atoms with Crippen LogP contribution in [0.5, 0.6) is 0 Å². The minimum Gasteiger partial charge on any atom is -0.368 e. The smallest absolute Gasteiger partial charge is 0.282 e. The summed E-state index contributed by atoms with van der Waals surface area (Å²) in [5.41, 5.74) is 7.23. The van der Waals surface area contributed by atoms with E-state index in [1.807, 2.05) is 24.3 Å². The Kier molecular flexibility index (Phi) is 4.64. The average Bonchev–Trinajstić information content (AvgIpc) is 3.48. The van der Waals surface area contributed by atoms with E-state index in [0.717, 1.165) is 10.8 Å². The Morgan fingerprint density at radius 1 is 1.06 bits per heavy atom. The number of hydrogen-bond acceptors (Lipinski definition) is 5. The molecule has 0 fully saturated rings. The van der Waals surface area contributed by atoms with Crippen molar-refractivity contribution in [3.63, 3.8) is 0 Å². The number of fused-ring (bicyclic) bond motifs is 2. The lowest BCUT2D eigenvalue weighted by molar-refractivity contribution is 0.1000. The van der Waals surface area contributed by atoms with E-state index in [1.165, 1.54) is 10.9 Å². The third kappa shape index (κ3) is 3.56. The van der Waals surface area contributed by atoms with E-state index in [-0.39, 0.29) is 23.2 Å². The number of aliphatic imine (C=N–C) groups is 1. The molecule has 3 heterocycles. The summed E-state index contributed by atoms with van der Waals surface area (Å²) in [7, 11) is 0. The van der Waals surface area contributed by atoms with Gasteiger partial charge < -0.3 is 10.7 Å². The fourth-order valence-corrected chi connectivity index (χ4v) is 3.26. The van der Waals surface area contributed by atoms with Crippen LogP contribution < -0.4 is 11.1 Å². The van der Waals surface area contributed by atoms with Gasteiger partial charge in [0.1, 0.15) is 11.2 Å². The van der Waals surface area contributed by atoms with Gasteiger partial charge in [-0.2, -0.15) is 10.1 Å². The Morgan fingerprint density at radius 3 is 2.72 bits per heavy atom. The summed E-state index contributed by atoms with van der Waals surface area (Å²) in [6.45, 7) is 0. The zero-order valence-electron chi connectivity index (χ0n) is 16.6. The quantitative estimate of drug-likeness (QED) is 0.300. The summed E-state index contributed by atoms with van der Waals surface area (Å²) in [5.74, 6) is -0.888. The molecule has 0 atom stereocenters. The molecule has 4 N–H and O–H groups in total. The Labute approximate surface area is 180 Å². The van der Waals surface area contributed by atoms with Gasteiger partial charge in [-0.25, -0.2) is 9.67 Å². The number of H-pyrrole nitrogens is 1. The number of carbonyl (C=O) groups is 2. The first-order chi connectivity index (χ1) is 15.6. The highest BCUT2D eigenvalue weighted by Gasteiger charge is 2.16. The first-order valence-electron chi connectivity index (χ1n) is 9.62. The molecule has 5 aromatic rings. The van der Waals surface area contributed by atoms with E-state index in [9.17, 15) is 9.59 Å². The SMILES string of the molecule is NC(=NC(=O)c1cccc2[nH]c(NC(=O)c3cc4ccccc4cn3)nc12)n1cccn1. The zero-order chi connectivity index (χ0) is 22.1. The highest BCUT2D eigenvalue weighted by atomic mass is 16.2. The molecule has 2 aromatic carbocycles. The van der Waals surface area contributed by atoms with Crippen molar-refractivity contribution in [3.8, 4) is 0 Å². The summed E-state index contributed by atoms with van der Waals surface area (Å²) >= 11 is 0. The minimum absolute atomic E-state index is 0.0663. The van der Waals surface area contributed by atoms with Gasteiger partial charge in [0, 0.05) is 24.0 Å². The van der Waals surface area contributed by atoms with E-state index >= 15 is 0 Å². The number of rotatable bonds is 3. The van der Waals surface area contributed by atoms with Crippen LogP contribution in [0.15, 0.2) is 78.2 Å². The molecule has 0 aliphatic carbocycles. The normalized spacial score (nSPS) is 11.7. The van der Waals surface area contributed by atoms with Gasteiger partial charge in [0.2, 0.25) is 11.9 Å². The molecule has 10 nitrogen and oxygen atoms in total. The molecule has 0 aliphatic heterocycles. The van der Waals surface area contributed by atoms with Crippen LogP contribution >= 0.6 is 0 Å². The van der Waals surface area contributed by atoms with Crippen LogP contribution in [0.2, 0.25) is 0 Å². The molecule has 0 spiro atoms. The molecular formula is C22H16N8O2. The van der Waals surface area contributed by atoms with E-state index in [1.54, 1.807) is 42.7 Å².